The molecule has 0 saturated carbocycles. The van der Waals surface area contributed by atoms with Crippen LogP contribution >= 0.6 is 0 Å². The minimum Gasteiger partial charge on any atom is -0.456 e. The van der Waals surface area contributed by atoms with Gasteiger partial charge in [-0.05, 0) is 122 Å². The number of aromatic nitrogens is 1. The lowest BCUT2D eigenvalue weighted by Gasteiger charge is -2.27. The molecule has 3 nitrogen and oxygen atoms in total. The Morgan fingerprint density at radius 3 is 1.29 bits per heavy atom. The Balaban J connectivity index is 0.931. The molecule has 324 valence electrons. The molecule has 0 atom stereocenters. The third-order valence-corrected chi connectivity index (χ3v) is 13.6. The number of hydrogen-bond donors (Lipinski definition) is 0. The molecule has 0 saturated heterocycles. The van der Waals surface area contributed by atoms with E-state index in [9.17, 15) is 0 Å². The van der Waals surface area contributed by atoms with E-state index in [0.29, 0.717) is 0 Å². The van der Waals surface area contributed by atoms with Gasteiger partial charge in [-0.2, -0.15) is 0 Å². The summed E-state index contributed by atoms with van der Waals surface area (Å²) in [7, 11) is 0. The van der Waals surface area contributed by atoms with Crippen molar-refractivity contribution in [2.24, 2.45) is 0 Å². The average molecular weight is 881 g/mol. The number of fused-ring (bicyclic) bond motifs is 6. The summed E-state index contributed by atoms with van der Waals surface area (Å²) in [5.74, 6) is 0. The summed E-state index contributed by atoms with van der Waals surface area (Å²) in [6.45, 7) is 0. The molecule has 0 bridgehead atoms. The van der Waals surface area contributed by atoms with E-state index in [1.165, 1.54) is 60.8 Å². The number of para-hydroxylation sites is 3. The molecule has 13 aromatic rings. The van der Waals surface area contributed by atoms with Crippen LogP contribution in [0.15, 0.2) is 271 Å². The average Bonchev–Trinajstić information content (AvgIpc) is 3.98. The van der Waals surface area contributed by atoms with Crippen LogP contribution < -0.4 is 4.90 Å². The van der Waals surface area contributed by atoms with E-state index in [2.05, 4.69) is 264 Å². The quantitative estimate of drug-likeness (QED) is 0.144. The van der Waals surface area contributed by atoms with Crippen LogP contribution in [0, 0.1) is 0 Å². The van der Waals surface area contributed by atoms with Crippen LogP contribution in [0.25, 0.3) is 105 Å². The van der Waals surface area contributed by atoms with Gasteiger partial charge < -0.3 is 13.9 Å². The molecule has 0 unspecified atom stereocenters. The van der Waals surface area contributed by atoms with Gasteiger partial charge in [-0.15, -0.1) is 0 Å². The van der Waals surface area contributed by atoms with Crippen molar-refractivity contribution in [1.29, 1.82) is 0 Å². The lowest BCUT2D eigenvalue weighted by molar-refractivity contribution is 0.669. The first kappa shape index (κ1) is 40.1. The Labute approximate surface area is 401 Å². The highest BCUT2D eigenvalue weighted by atomic mass is 16.3. The van der Waals surface area contributed by atoms with Crippen LogP contribution in [0.3, 0.4) is 0 Å². The minimum absolute atomic E-state index is 0.892. The number of nitrogens with zero attached hydrogens (tertiary/aromatic N) is 2. The summed E-state index contributed by atoms with van der Waals surface area (Å²) in [5.41, 5.74) is 20.3. The van der Waals surface area contributed by atoms with E-state index in [4.69, 9.17) is 4.42 Å². The van der Waals surface area contributed by atoms with E-state index in [0.717, 1.165) is 61.4 Å². The number of hydrogen-bond acceptors (Lipinski definition) is 2. The Morgan fingerprint density at radius 1 is 0.275 bits per heavy atom. The predicted octanol–water partition coefficient (Wildman–Crippen LogP) is 18.5. The number of benzene rings is 11. The molecule has 0 aliphatic carbocycles. The maximum atomic E-state index is 6.30. The molecular weight excluding hydrogens is 837 g/mol. The van der Waals surface area contributed by atoms with Gasteiger partial charge >= 0.3 is 0 Å². The standard InChI is InChI=1S/C66H44N2O/c1-2-18-45(19-3-1)52-22-4-6-24-55(52)57-26-8-9-27-58(57)56-25-7-5-23-53(56)46-36-40-48(41-37-46)67(49-42-38-47(39-43-49)54-31-17-35-65-66(54)61-30-12-15-34-64(61)69-65)50-20-16-21-51(44-50)68-62-32-13-10-28-59(62)60-29-11-14-33-63(60)68/h1-44H. The summed E-state index contributed by atoms with van der Waals surface area (Å²) in [4.78, 5) is 2.38. The molecule has 11 aromatic carbocycles. The summed E-state index contributed by atoms with van der Waals surface area (Å²) < 4.78 is 8.69. The molecule has 13 rings (SSSR count). The zero-order valence-corrected chi connectivity index (χ0v) is 37.7. The molecule has 2 aromatic heterocycles. The van der Waals surface area contributed by atoms with Gasteiger partial charge in [-0.25, -0.2) is 0 Å². The first-order valence-corrected chi connectivity index (χ1v) is 23.6. The third kappa shape index (κ3) is 6.99. The van der Waals surface area contributed by atoms with Crippen molar-refractivity contribution in [1.82, 2.24) is 4.57 Å². The number of anilines is 3. The van der Waals surface area contributed by atoms with Gasteiger partial charge in [0.15, 0.2) is 0 Å². The summed E-state index contributed by atoms with van der Waals surface area (Å²) in [6.07, 6.45) is 0. The van der Waals surface area contributed by atoms with Crippen molar-refractivity contribution in [2.75, 3.05) is 4.90 Å². The fourth-order valence-electron chi connectivity index (χ4n) is 10.5. The van der Waals surface area contributed by atoms with Crippen LogP contribution in [-0.4, -0.2) is 4.57 Å². The first-order chi connectivity index (χ1) is 34.2. The fraction of sp³-hybridized carbons (Fsp3) is 0. The molecule has 0 N–H and O–H groups in total. The van der Waals surface area contributed by atoms with Gasteiger partial charge in [0.25, 0.3) is 0 Å². The highest BCUT2D eigenvalue weighted by molar-refractivity contribution is 6.13. The zero-order valence-electron chi connectivity index (χ0n) is 37.7. The summed E-state index contributed by atoms with van der Waals surface area (Å²) in [6, 6.07) is 96.1. The van der Waals surface area contributed by atoms with Crippen molar-refractivity contribution in [3.05, 3.63) is 267 Å². The van der Waals surface area contributed by atoms with Gasteiger partial charge in [-0.1, -0.05) is 200 Å². The molecule has 69 heavy (non-hydrogen) atoms. The Hall–Kier alpha value is -9.18. The monoisotopic (exact) mass is 880 g/mol. The smallest absolute Gasteiger partial charge is 0.136 e. The van der Waals surface area contributed by atoms with Gasteiger partial charge in [0.05, 0.1) is 11.0 Å². The van der Waals surface area contributed by atoms with Gasteiger partial charge in [-0.3, -0.25) is 0 Å². The highest BCUT2D eigenvalue weighted by Gasteiger charge is 2.20. The van der Waals surface area contributed by atoms with Gasteiger partial charge in [0.2, 0.25) is 0 Å². The molecule has 0 radical (unpaired) electrons. The molecule has 0 fully saturated rings. The normalized spacial score (nSPS) is 11.5. The van der Waals surface area contributed by atoms with Gasteiger partial charge in [0, 0.05) is 44.3 Å². The van der Waals surface area contributed by atoms with Crippen molar-refractivity contribution in [3.63, 3.8) is 0 Å². The molecule has 0 aliphatic heterocycles. The van der Waals surface area contributed by atoms with Crippen LogP contribution in [0.5, 0.6) is 0 Å². The van der Waals surface area contributed by atoms with Crippen molar-refractivity contribution in [3.8, 4) is 61.3 Å². The van der Waals surface area contributed by atoms with Crippen molar-refractivity contribution in [2.45, 2.75) is 0 Å². The second-order valence-corrected chi connectivity index (χ2v) is 17.6. The molecular formula is C66H44N2O. The topological polar surface area (TPSA) is 21.3 Å². The van der Waals surface area contributed by atoms with Crippen LogP contribution in [0.4, 0.5) is 17.1 Å². The van der Waals surface area contributed by atoms with E-state index < -0.39 is 0 Å². The van der Waals surface area contributed by atoms with Gasteiger partial charge in [0.1, 0.15) is 11.2 Å². The highest BCUT2D eigenvalue weighted by Crippen LogP contribution is 2.44. The van der Waals surface area contributed by atoms with E-state index in [1.54, 1.807) is 0 Å². The second-order valence-electron chi connectivity index (χ2n) is 17.6. The van der Waals surface area contributed by atoms with E-state index in [-0.39, 0.29) is 0 Å². The fourth-order valence-corrected chi connectivity index (χ4v) is 10.5. The Kier molecular flexibility index (Phi) is 9.84. The lowest BCUT2D eigenvalue weighted by atomic mass is 9.87. The molecule has 0 spiro atoms. The molecule has 0 amide bonds. The minimum atomic E-state index is 0.892. The zero-order chi connectivity index (χ0) is 45.7. The van der Waals surface area contributed by atoms with E-state index in [1.807, 2.05) is 12.1 Å². The predicted molar refractivity (Wildman–Crippen MR) is 290 cm³/mol. The maximum absolute atomic E-state index is 6.30. The lowest BCUT2D eigenvalue weighted by Crippen LogP contribution is -2.10. The SMILES string of the molecule is c1ccc(-c2ccccc2-c2ccccc2-c2ccccc2-c2ccc(N(c3ccc(-c4cccc5oc6ccccc6c45)cc3)c3cccc(-n4c5ccccc5c5ccccc54)c3)cc2)cc1. The van der Waals surface area contributed by atoms with Crippen molar-refractivity contribution >= 4 is 60.8 Å². The van der Waals surface area contributed by atoms with E-state index >= 15 is 0 Å². The summed E-state index contributed by atoms with van der Waals surface area (Å²) in [5, 5.41) is 4.74. The Morgan fingerprint density at radius 2 is 0.696 bits per heavy atom. The third-order valence-electron chi connectivity index (χ3n) is 13.6. The molecule has 2 heterocycles. The molecule has 0 aliphatic rings. The maximum Gasteiger partial charge on any atom is 0.136 e. The Bertz CT molecular complexity index is 3960. The summed E-state index contributed by atoms with van der Waals surface area (Å²) >= 11 is 0. The van der Waals surface area contributed by atoms with Crippen LogP contribution in [0.2, 0.25) is 0 Å². The van der Waals surface area contributed by atoms with Crippen LogP contribution in [0.1, 0.15) is 0 Å². The number of furan rings is 1. The van der Waals surface area contributed by atoms with Crippen molar-refractivity contribution < 1.29 is 4.42 Å². The second kappa shape index (κ2) is 16.9. The van der Waals surface area contributed by atoms with Crippen LogP contribution in [-0.2, 0) is 0 Å². The number of rotatable bonds is 9. The molecule has 3 heteroatoms. The first-order valence-electron chi connectivity index (χ1n) is 23.6. The largest absolute Gasteiger partial charge is 0.456 e.